The van der Waals surface area contributed by atoms with Gasteiger partial charge < -0.3 is 15.2 Å². The second-order valence-electron chi connectivity index (χ2n) is 10.7. The molecule has 1 unspecified atom stereocenters. The zero-order valence-corrected chi connectivity index (χ0v) is 25.7. The SMILES string of the molecule is Cc1ccc(S(=O)(=O)[N+](Cc2ccccc2)(C(=O)OCc2ccccc2)[C@@H](CCCCN)C(=O)OCc2ccccc2)cc1. The second-order valence-corrected chi connectivity index (χ2v) is 12.7. The van der Waals surface area contributed by atoms with Gasteiger partial charge in [-0.15, -0.1) is 0 Å². The van der Waals surface area contributed by atoms with E-state index in [1.165, 1.54) is 12.1 Å². The highest BCUT2D eigenvalue weighted by Gasteiger charge is 2.60. The summed E-state index contributed by atoms with van der Waals surface area (Å²) in [5.41, 5.74) is 8.59. The van der Waals surface area contributed by atoms with Crippen LogP contribution in [0.2, 0.25) is 0 Å². The molecule has 0 aromatic heterocycles. The average molecular weight is 616 g/mol. The number of aryl methyl sites for hydroxylation is 1. The summed E-state index contributed by atoms with van der Waals surface area (Å²) >= 11 is 0. The molecule has 0 heterocycles. The molecule has 0 bridgehead atoms. The van der Waals surface area contributed by atoms with Gasteiger partial charge in [0.05, 0.1) is 0 Å². The minimum atomic E-state index is -4.61. The molecule has 0 radical (unpaired) electrons. The van der Waals surface area contributed by atoms with Crippen molar-refractivity contribution in [2.45, 2.75) is 56.9 Å². The van der Waals surface area contributed by atoms with Crippen molar-refractivity contribution < 1.29 is 31.4 Å². The molecule has 4 aromatic carbocycles. The van der Waals surface area contributed by atoms with E-state index in [1.807, 2.05) is 31.2 Å². The van der Waals surface area contributed by atoms with E-state index in [9.17, 15) is 18.0 Å². The van der Waals surface area contributed by atoms with Crippen LogP contribution in [0.1, 0.15) is 41.5 Å². The molecule has 230 valence electrons. The first kappa shape index (κ1) is 32.6. The third kappa shape index (κ3) is 7.79. The Labute approximate surface area is 259 Å². The second kappa shape index (κ2) is 15.4. The van der Waals surface area contributed by atoms with Crippen LogP contribution in [0.3, 0.4) is 0 Å². The summed E-state index contributed by atoms with van der Waals surface area (Å²) in [7, 11) is -4.61. The molecule has 0 saturated carbocycles. The van der Waals surface area contributed by atoms with E-state index in [4.69, 9.17) is 15.2 Å². The van der Waals surface area contributed by atoms with E-state index in [-0.39, 0.29) is 31.1 Å². The van der Waals surface area contributed by atoms with Crippen molar-refractivity contribution in [3.05, 3.63) is 138 Å². The molecule has 0 spiro atoms. The fourth-order valence-corrected chi connectivity index (χ4v) is 6.99. The van der Waals surface area contributed by atoms with Crippen LogP contribution in [0.4, 0.5) is 4.79 Å². The Morgan fingerprint density at radius 1 is 0.705 bits per heavy atom. The number of carbonyl (C=O) groups excluding carboxylic acids is 2. The van der Waals surface area contributed by atoms with Crippen LogP contribution in [-0.4, -0.2) is 37.0 Å². The lowest BCUT2D eigenvalue weighted by Gasteiger charge is -2.38. The third-order valence-electron chi connectivity index (χ3n) is 7.45. The van der Waals surface area contributed by atoms with Crippen LogP contribution in [0, 0.1) is 6.92 Å². The van der Waals surface area contributed by atoms with E-state index in [1.54, 1.807) is 78.9 Å². The van der Waals surface area contributed by atoms with E-state index < -0.39 is 32.0 Å². The largest absolute Gasteiger partial charge is 0.533 e. The van der Waals surface area contributed by atoms with Crippen LogP contribution < -0.4 is 5.73 Å². The molecule has 0 fully saturated rings. The smallest absolute Gasteiger partial charge is 0.456 e. The number of benzene rings is 4. The zero-order chi connectivity index (χ0) is 31.4. The third-order valence-corrected chi connectivity index (χ3v) is 9.71. The molecular weight excluding hydrogens is 576 g/mol. The van der Waals surface area contributed by atoms with Crippen LogP contribution >= 0.6 is 0 Å². The van der Waals surface area contributed by atoms with Gasteiger partial charge in [0, 0.05) is 12.0 Å². The predicted octanol–water partition coefficient (Wildman–Crippen LogP) is 6.28. The molecule has 44 heavy (non-hydrogen) atoms. The lowest BCUT2D eigenvalue weighted by molar-refractivity contribution is -0.766. The number of esters is 1. The Kier molecular flexibility index (Phi) is 11.4. The van der Waals surface area contributed by atoms with Gasteiger partial charge in [0.1, 0.15) is 24.7 Å². The number of rotatable bonds is 14. The standard InChI is InChI=1S/C35H39N2O6S/c1-28-20-22-32(23-21-28)44(40,41)37(25-29-13-5-2-6-14-29,35(39)43-27-31-17-9-4-10-18-31)33(19-11-12-24-36)34(38)42-26-30-15-7-3-8-16-30/h2-10,13-18,20-23,33H,11-12,19,24-27,36H2,1H3/q+1/t33-,37?/m0/s1. The van der Waals surface area contributed by atoms with Crippen molar-refractivity contribution >= 4 is 22.1 Å². The molecule has 2 N–H and O–H groups in total. The topological polar surface area (TPSA) is 113 Å². The summed E-state index contributed by atoms with van der Waals surface area (Å²) in [5.74, 6) is -0.811. The van der Waals surface area contributed by atoms with Crippen molar-refractivity contribution in [3.8, 4) is 0 Å². The van der Waals surface area contributed by atoms with Crippen LogP contribution in [0.25, 0.3) is 0 Å². The number of quaternary nitrogens is 1. The van der Waals surface area contributed by atoms with Gasteiger partial charge in [-0.05, 0) is 49.6 Å². The van der Waals surface area contributed by atoms with Crippen LogP contribution in [-0.2, 0) is 44.1 Å². The Morgan fingerprint density at radius 2 is 1.20 bits per heavy atom. The van der Waals surface area contributed by atoms with Crippen LogP contribution in [0.5, 0.6) is 0 Å². The summed E-state index contributed by atoms with van der Waals surface area (Å²) in [6.07, 6.45) is -0.112. The molecular formula is C35H39N2O6S+. The molecule has 0 aliphatic rings. The first-order valence-electron chi connectivity index (χ1n) is 14.6. The van der Waals surface area contributed by atoms with Gasteiger partial charge in [0.2, 0.25) is 6.04 Å². The predicted molar refractivity (Wildman–Crippen MR) is 168 cm³/mol. The molecule has 0 aliphatic carbocycles. The normalized spacial score (nSPS) is 13.4. The van der Waals surface area contributed by atoms with E-state index >= 15 is 0 Å². The Bertz CT molecular complexity index is 1600. The number of ether oxygens (including phenoxy) is 2. The van der Waals surface area contributed by atoms with Gasteiger partial charge in [0.15, 0.2) is 0 Å². The Morgan fingerprint density at radius 3 is 1.73 bits per heavy atom. The Hall–Kier alpha value is -4.31. The first-order chi connectivity index (χ1) is 21.3. The minimum absolute atomic E-state index is 0.0309. The molecule has 2 atom stereocenters. The zero-order valence-electron chi connectivity index (χ0n) is 24.9. The summed E-state index contributed by atoms with van der Waals surface area (Å²) < 4.78 is 40.1. The van der Waals surface area contributed by atoms with E-state index in [0.717, 1.165) is 11.1 Å². The van der Waals surface area contributed by atoms with E-state index in [0.29, 0.717) is 30.5 Å². The fraction of sp³-hybridized carbons (Fsp3) is 0.257. The van der Waals surface area contributed by atoms with Crippen molar-refractivity contribution in [1.29, 1.82) is 0 Å². The monoisotopic (exact) mass is 615 g/mol. The molecule has 9 heteroatoms. The number of carbonyl (C=O) groups is 2. The van der Waals surface area contributed by atoms with Crippen LogP contribution in [0.15, 0.2) is 120 Å². The molecule has 4 aromatic rings. The maximum Gasteiger partial charge on any atom is 0.533 e. The van der Waals surface area contributed by atoms with Gasteiger partial charge in [-0.1, -0.05) is 113 Å². The quantitative estimate of drug-likeness (QED) is 0.101. The average Bonchev–Trinajstić information content (AvgIpc) is 3.05. The summed E-state index contributed by atoms with van der Waals surface area (Å²) in [4.78, 5) is 28.5. The fourth-order valence-electron chi connectivity index (χ4n) is 5.04. The number of hydrogen-bond acceptors (Lipinski definition) is 7. The molecule has 8 nitrogen and oxygen atoms in total. The molecule has 1 amide bonds. The number of sulfonamides is 1. The number of nitrogens with two attached hydrogens (primary N) is 1. The lowest BCUT2D eigenvalue weighted by Crippen LogP contribution is -2.64. The number of unbranched alkanes of at least 4 members (excludes halogenated alkanes) is 1. The van der Waals surface area contributed by atoms with Crippen molar-refractivity contribution in [1.82, 2.24) is 0 Å². The molecule has 0 aliphatic heterocycles. The molecule has 0 saturated heterocycles. The van der Waals surface area contributed by atoms with Gasteiger partial charge in [-0.2, -0.15) is 13.2 Å². The Balaban J connectivity index is 1.89. The minimum Gasteiger partial charge on any atom is -0.456 e. The van der Waals surface area contributed by atoms with Gasteiger partial charge in [0.25, 0.3) is 0 Å². The van der Waals surface area contributed by atoms with Crippen molar-refractivity contribution in [2.75, 3.05) is 6.54 Å². The maximum atomic E-state index is 14.9. The van der Waals surface area contributed by atoms with Crippen molar-refractivity contribution in [3.63, 3.8) is 0 Å². The van der Waals surface area contributed by atoms with Gasteiger partial charge in [-0.3, -0.25) is 0 Å². The first-order valence-corrected chi connectivity index (χ1v) is 16.1. The summed E-state index contributed by atoms with van der Waals surface area (Å²) in [6, 6.07) is 31.7. The summed E-state index contributed by atoms with van der Waals surface area (Å²) in [5, 5.41) is 0. The number of hydrogen-bond donors (Lipinski definition) is 1. The molecule has 4 rings (SSSR count). The van der Waals surface area contributed by atoms with Gasteiger partial charge >= 0.3 is 22.1 Å². The van der Waals surface area contributed by atoms with Crippen molar-refractivity contribution in [2.24, 2.45) is 5.73 Å². The summed E-state index contributed by atoms with van der Waals surface area (Å²) in [6.45, 7) is 1.58. The highest BCUT2D eigenvalue weighted by molar-refractivity contribution is 7.86. The van der Waals surface area contributed by atoms with Gasteiger partial charge in [-0.25, -0.2) is 4.79 Å². The van der Waals surface area contributed by atoms with E-state index in [2.05, 4.69) is 0 Å². The highest BCUT2D eigenvalue weighted by Crippen LogP contribution is 2.36. The lowest BCUT2D eigenvalue weighted by atomic mass is 10.1. The number of amides is 1. The maximum absolute atomic E-state index is 14.9. The highest BCUT2D eigenvalue weighted by atomic mass is 32.2. The number of nitrogens with zero attached hydrogens (tertiary/aromatic N) is 1.